The van der Waals surface area contributed by atoms with Gasteiger partial charge in [0.05, 0.1) is 28.5 Å². The Bertz CT molecular complexity index is 2170. The van der Waals surface area contributed by atoms with Crippen LogP contribution < -0.4 is 16.0 Å². The summed E-state index contributed by atoms with van der Waals surface area (Å²) in [6.07, 6.45) is -1.38. The molecular weight excluding hydrogens is 935 g/mol. The highest BCUT2D eigenvalue weighted by Crippen LogP contribution is 2.33. The molecule has 0 saturated carbocycles. The van der Waals surface area contributed by atoms with Crippen molar-refractivity contribution in [2.75, 3.05) is 65.1 Å². The maximum absolute atomic E-state index is 14.2. The van der Waals surface area contributed by atoms with Gasteiger partial charge in [0.2, 0.25) is 41.4 Å². The normalized spacial score (nSPS) is 18.6. The highest BCUT2D eigenvalue weighted by Gasteiger charge is 2.42. The maximum atomic E-state index is 14.2. The summed E-state index contributed by atoms with van der Waals surface area (Å²) in [6, 6.07) is 13.4. The Kier molecular flexibility index (Phi) is 20.3. The molecule has 2 aromatic carbocycles. The minimum Gasteiger partial charge on any atom is -0.399 e. The zero-order chi connectivity index (χ0) is 50.0. The molecule has 23 heteroatoms. The minimum atomic E-state index is -0.746. The van der Waals surface area contributed by atoms with Crippen LogP contribution in [0.4, 0.5) is 0 Å². The molecule has 370 valence electrons. The van der Waals surface area contributed by atoms with Crippen LogP contribution in [0, 0.1) is 0 Å². The monoisotopic (exact) mass is 991 g/mol. The Morgan fingerprint density at radius 1 is 0.580 bits per heavy atom. The summed E-state index contributed by atoms with van der Waals surface area (Å²) in [6.45, 7) is 2.45. The third kappa shape index (κ3) is 15.2. The number of hydrogen-bond acceptors (Lipinski definition) is 16. The quantitative estimate of drug-likeness (QED) is 0.0786. The topological polar surface area (TPSA) is 263 Å². The van der Waals surface area contributed by atoms with Gasteiger partial charge in [0.15, 0.2) is 0 Å². The van der Waals surface area contributed by atoms with E-state index in [4.69, 9.17) is 9.68 Å². The fourth-order valence-electron chi connectivity index (χ4n) is 7.50. The number of carbonyl (C=O) groups is 10. The lowest BCUT2D eigenvalue weighted by molar-refractivity contribution is -0.166. The smallest absolute Gasteiger partial charge is 0.251 e. The number of hydrogen-bond donors (Lipinski definition) is 3. The molecule has 9 amide bonds. The van der Waals surface area contributed by atoms with Crippen molar-refractivity contribution in [3.05, 3.63) is 70.8 Å². The lowest BCUT2D eigenvalue weighted by Gasteiger charge is -2.35. The average molecular weight is 992 g/mol. The van der Waals surface area contributed by atoms with Gasteiger partial charge < -0.3 is 25.6 Å². The van der Waals surface area contributed by atoms with Crippen molar-refractivity contribution in [1.29, 1.82) is 0 Å². The van der Waals surface area contributed by atoms with Crippen molar-refractivity contribution < 1.29 is 57.6 Å². The van der Waals surface area contributed by atoms with Gasteiger partial charge in [-0.2, -0.15) is 0 Å². The number of benzene rings is 2. The van der Waals surface area contributed by atoms with E-state index in [1.807, 2.05) is 0 Å². The molecular formula is C46H57N9O12S2. The molecule has 2 unspecified atom stereocenters. The first kappa shape index (κ1) is 53.3. The fraction of sp³-hybridized carbons (Fsp3) is 0.478. The van der Waals surface area contributed by atoms with Crippen LogP contribution in [0.25, 0.3) is 0 Å². The van der Waals surface area contributed by atoms with Crippen LogP contribution in [0.3, 0.4) is 0 Å². The van der Waals surface area contributed by atoms with Crippen molar-refractivity contribution in [3.8, 4) is 0 Å². The van der Waals surface area contributed by atoms with Gasteiger partial charge in [-0.1, -0.05) is 34.6 Å². The molecule has 3 heterocycles. The predicted molar refractivity (Wildman–Crippen MR) is 255 cm³/mol. The van der Waals surface area contributed by atoms with Gasteiger partial charge in [0, 0.05) is 100 Å². The zero-order valence-corrected chi connectivity index (χ0v) is 40.6. The number of rotatable bonds is 19. The summed E-state index contributed by atoms with van der Waals surface area (Å²) in [4.78, 5) is 145. The number of nitrogens with zero attached hydrogens (tertiary/aromatic N) is 6. The Labute approximate surface area is 407 Å². The number of fused-ring (bicyclic) bond motifs is 4. The van der Waals surface area contributed by atoms with Crippen LogP contribution in [-0.4, -0.2) is 166 Å². The number of nitrogens with one attached hydrogen (secondary N) is 3. The molecule has 0 spiro atoms. The Balaban J connectivity index is 1.25. The van der Waals surface area contributed by atoms with Crippen molar-refractivity contribution in [1.82, 2.24) is 35.8 Å². The van der Waals surface area contributed by atoms with Gasteiger partial charge in [-0.3, -0.25) is 67.8 Å². The average Bonchev–Trinajstić information content (AvgIpc) is 3.77. The number of carbonyl (C=O) groups excluding carboxylic acids is 10. The van der Waals surface area contributed by atoms with E-state index in [1.165, 1.54) is 37.7 Å². The standard InChI is InChI=1S/C46H57N9O12S2/c1-29(50-66-3)31-7-11-33(12-8-31)43(62)48-19-5-6-35(56)15-24-54-39(58)17-22-52-41(60)26-36(45(52)64)68-28-69-37-27-42(61)53(46(37)65)23-18-40(59)55(54)25-16-38(57)47-20-21-49-44(63)34-13-9-32(10-14-34)30(2)51-67-4/h7-14,36-37H,5-6,15-28H2,1-4H3,(H,47,57)(H,48,62)(H,49,63)/b50-29+,51-30+. The minimum absolute atomic E-state index is 0.00318. The number of hydrazine groups is 1. The summed E-state index contributed by atoms with van der Waals surface area (Å²) >= 11 is 2.35. The molecule has 3 aliphatic rings. The predicted octanol–water partition coefficient (Wildman–Crippen LogP) is 1.88. The van der Waals surface area contributed by atoms with Crippen molar-refractivity contribution in [3.63, 3.8) is 0 Å². The lowest BCUT2D eigenvalue weighted by Crippen LogP contribution is -2.53. The fourth-order valence-corrected chi connectivity index (χ4v) is 10.2. The summed E-state index contributed by atoms with van der Waals surface area (Å²) in [5.41, 5.74) is 3.56. The molecule has 3 aliphatic heterocycles. The number of Topliss-reactive ketones (excluding diaryl/α,β-unsaturated/α-hetero) is 1. The number of oxime groups is 2. The first-order chi connectivity index (χ1) is 33.1. The lowest BCUT2D eigenvalue weighted by atomic mass is 10.1. The summed E-state index contributed by atoms with van der Waals surface area (Å²) < 4.78 is 0. The Morgan fingerprint density at radius 2 is 1.00 bits per heavy atom. The van der Waals surface area contributed by atoms with Crippen LogP contribution in [0.2, 0.25) is 0 Å². The SMILES string of the molecule is CO/N=C(\C)c1ccc(C(=O)NCCCC(=O)CCN2C(=O)CCN3C(=O)CC(SCSC4CC(=O)N(CCC(=O)N2CCC(=O)NCCNC(=O)c2ccc(/C(C)=N/OC)cc2)C4=O)C3=O)cc1. The Hall–Kier alpha value is -6.62. The third-order valence-corrected chi connectivity index (χ3v) is 13.9. The first-order valence-electron chi connectivity index (χ1n) is 22.3. The third-order valence-electron chi connectivity index (χ3n) is 11.3. The number of ketones is 1. The van der Waals surface area contributed by atoms with Crippen molar-refractivity contribution >= 4 is 93.9 Å². The van der Waals surface area contributed by atoms with E-state index in [0.717, 1.165) is 30.9 Å². The van der Waals surface area contributed by atoms with Crippen LogP contribution in [-0.2, 0) is 48.0 Å². The highest BCUT2D eigenvalue weighted by molar-refractivity contribution is 8.17. The van der Waals surface area contributed by atoms with Gasteiger partial charge in [-0.15, -0.1) is 23.5 Å². The van der Waals surface area contributed by atoms with Gasteiger partial charge in [-0.05, 0) is 55.7 Å². The van der Waals surface area contributed by atoms with E-state index in [0.29, 0.717) is 22.6 Å². The van der Waals surface area contributed by atoms with Crippen LogP contribution >= 0.6 is 23.5 Å². The number of thioether (sulfide) groups is 2. The molecule has 2 aromatic rings. The van der Waals surface area contributed by atoms with E-state index in [2.05, 4.69) is 26.3 Å². The molecule has 0 aliphatic carbocycles. The van der Waals surface area contributed by atoms with Gasteiger partial charge in [-0.25, -0.2) is 0 Å². The van der Waals surface area contributed by atoms with E-state index < -0.39 is 64.7 Å². The molecule has 3 N–H and O–H groups in total. The summed E-state index contributed by atoms with van der Waals surface area (Å²) in [7, 11) is 2.87. The highest BCUT2D eigenvalue weighted by atomic mass is 32.2. The van der Waals surface area contributed by atoms with Crippen molar-refractivity contribution in [2.45, 2.75) is 75.7 Å². The summed E-state index contributed by atoms with van der Waals surface area (Å²) in [5.74, 6) is -5.04. The van der Waals surface area contributed by atoms with E-state index in [-0.39, 0.29) is 107 Å². The second kappa shape index (κ2) is 26.2. The molecule has 4 bridgehead atoms. The van der Waals surface area contributed by atoms with Gasteiger partial charge in [0.1, 0.15) is 20.0 Å². The summed E-state index contributed by atoms with van der Waals surface area (Å²) in [5, 5.41) is 16.7. The van der Waals surface area contributed by atoms with E-state index >= 15 is 0 Å². The molecule has 0 radical (unpaired) electrons. The maximum Gasteiger partial charge on any atom is 0.251 e. The second-order valence-electron chi connectivity index (χ2n) is 16.0. The van der Waals surface area contributed by atoms with Crippen LogP contribution in [0.5, 0.6) is 0 Å². The molecule has 69 heavy (non-hydrogen) atoms. The second-order valence-corrected chi connectivity index (χ2v) is 18.8. The van der Waals surface area contributed by atoms with Crippen LogP contribution in [0.15, 0.2) is 58.8 Å². The molecule has 3 saturated heterocycles. The van der Waals surface area contributed by atoms with Gasteiger partial charge in [0.25, 0.3) is 11.8 Å². The molecule has 2 atom stereocenters. The molecule has 5 rings (SSSR count). The molecule has 0 aromatic heterocycles. The van der Waals surface area contributed by atoms with E-state index in [9.17, 15) is 47.9 Å². The molecule has 3 fully saturated rings. The van der Waals surface area contributed by atoms with Gasteiger partial charge >= 0.3 is 0 Å². The zero-order valence-electron chi connectivity index (χ0n) is 39.0. The largest absolute Gasteiger partial charge is 0.399 e. The van der Waals surface area contributed by atoms with Crippen molar-refractivity contribution in [2.24, 2.45) is 10.3 Å². The van der Waals surface area contributed by atoms with E-state index in [1.54, 1.807) is 62.4 Å². The van der Waals surface area contributed by atoms with Crippen LogP contribution in [0.1, 0.15) is 97.1 Å². The number of imide groups is 2. The Morgan fingerprint density at radius 3 is 1.46 bits per heavy atom. The number of amides is 9. The first-order valence-corrected chi connectivity index (χ1v) is 24.4. The molecule has 21 nitrogen and oxygen atoms in total.